The molecule has 0 aliphatic rings. The van der Waals surface area contributed by atoms with Crippen molar-refractivity contribution in [2.45, 2.75) is 13.0 Å². The van der Waals surface area contributed by atoms with Crippen molar-refractivity contribution in [3.05, 3.63) is 58.6 Å². The van der Waals surface area contributed by atoms with E-state index in [4.69, 9.17) is 9.47 Å². The van der Waals surface area contributed by atoms with Gasteiger partial charge in [0.2, 0.25) is 0 Å². The summed E-state index contributed by atoms with van der Waals surface area (Å²) in [6, 6.07) is 16.3. The van der Waals surface area contributed by atoms with Gasteiger partial charge in [-0.3, -0.25) is 0 Å². The second-order valence-corrected chi connectivity index (χ2v) is 5.67. The van der Waals surface area contributed by atoms with Crippen molar-refractivity contribution in [2.24, 2.45) is 0 Å². The smallest absolute Gasteiger partial charge is 0.119 e. The van der Waals surface area contributed by atoms with E-state index in [1.807, 2.05) is 24.3 Å². The summed E-state index contributed by atoms with van der Waals surface area (Å²) in [6.07, 6.45) is 0. The summed E-state index contributed by atoms with van der Waals surface area (Å²) in [6.45, 7) is 3.58. The van der Waals surface area contributed by atoms with Gasteiger partial charge in [-0.1, -0.05) is 28.1 Å². The van der Waals surface area contributed by atoms with Crippen molar-refractivity contribution in [2.75, 3.05) is 20.3 Å². The molecule has 0 aliphatic carbocycles. The van der Waals surface area contributed by atoms with Gasteiger partial charge in [-0.2, -0.15) is 0 Å². The molecule has 0 fully saturated rings. The topological polar surface area (TPSA) is 30.5 Å². The maximum absolute atomic E-state index is 5.69. The van der Waals surface area contributed by atoms with Gasteiger partial charge in [0.15, 0.2) is 0 Å². The third-order valence-corrected chi connectivity index (χ3v) is 3.78. The maximum Gasteiger partial charge on any atom is 0.119 e. The van der Waals surface area contributed by atoms with Crippen LogP contribution in [-0.2, 0) is 0 Å². The van der Waals surface area contributed by atoms with Crippen LogP contribution in [0.5, 0.6) is 11.5 Å². The van der Waals surface area contributed by atoms with Gasteiger partial charge in [0.05, 0.1) is 7.11 Å². The Balaban J connectivity index is 1.72. The largest absolute Gasteiger partial charge is 0.497 e. The van der Waals surface area contributed by atoms with Crippen LogP contribution in [0.1, 0.15) is 18.5 Å². The molecule has 1 atom stereocenters. The molecule has 0 amide bonds. The first-order valence-electron chi connectivity index (χ1n) is 6.95. The molecule has 2 rings (SSSR count). The molecule has 4 heteroatoms. The van der Waals surface area contributed by atoms with Crippen molar-refractivity contribution >= 4 is 15.9 Å². The summed E-state index contributed by atoms with van der Waals surface area (Å²) in [5, 5.41) is 3.45. The molecule has 0 saturated carbocycles. The number of nitrogens with one attached hydrogen (secondary N) is 1. The minimum atomic E-state index is 0.303. The van der Waals surface area contributed by atoms with Gasteiger partial charge in [-0.05, 0) is 48.9 Å². The number of methoxy groups -OCH3 is 1. The van der Waals surface area contributed by atoms with E-state index in [9.17, 15) is 0 Å². The van der Waals surface area contributed by atoms with Crippen LogP contribution < -0.4 is 14.8 Å². The van der Waals surface area contributed by atoms with Gasteiger partial charge in [0.1, 0.15) is 18.1 Å². The lowest BCUT2D eigenvalue weighted by molar-refractivity contribution is 0.307. The molecule has 3 nitrogen and oxygen atoms in total. The molecule has 0 radical (unpaired) electrons. The van der Waals surface area contributed by atoms with Crippen molar-refractivity contribution in [1.29, 1.82) is 0 Å². The van der Waals surface area contributed by atoms with E-state index in [1.54, 1.807) is 7.11 Å². The normalized spacial score (nSPS) is 12.0. The van der Waals surface area contributed by atoms with Gasteiger partial charge >= 0.3 is 0 Å². The molecule has 0 saturated heterocycles. The maximum atomic E-state index is 5.69. The van der Waals surface area contributed by atoms with Crippen molar-refractivity contribution < 1.29 is 9.47 Å². The number of hydrogen-bond donors (Lipinski definition) is 1. The Morgan fingerprint density at radius 3 is 2.24 bits per heavy atom. The van der Waals surface area contributed by atoms with E-state index in [0.29, 0.717) is 12.6 Å². The van der Waals surface area contributed by atoms with E-state index in [-0.39, 0.29) is 0 Å². The van der Waals surface area contributed by atoms with Gasteiger partial charge in [-0.15, -0.1) is 0 Å². The van der Waals surface area contributed by atoms with Crippen LogP contribution in [0, 0.1) is 0 Å². The Bertz CT molecular complexity index is 540. The highest BCUT2D eigenvalue weighted by molar-refractivity contribution is 9.10. The van der Waals surface area contributed by atoms with Crippen LogP contribution in [0.15, 0.2) is 53.0 Å². The second-order valence-electron chi connectivity index (χ2n) is 4.75. The summed E-state index contributed by atoms with van der Waals surface area (Å²) in [4.78, 5) is 0. The Morgan fingerprint density at radius 2 is 1.62 bits per heavy atom. The van der Waals surface area contributed by atoms with Crippen LogP contribution in [0.25, 0.3) is 0 Å². The van der Waals surface area contributed by atoms with Gasteiger partial charge in [0, 0.05) is 17.1 Å². The zero-order valence-corrected chi connectivity index (χ0v) is 13.9. The molecule has 0 heterocycles. The van der Waals surface area contributed by atoms with Crippen molar-refractivity contribution in [1.82, 2.24) is 5.32 Å². The van der Waals surface area contributed by atoms with Crippen LogP contribution in [0.3, 0.4) is 0 Å². The monoisotopic (exact) mass is 349 g/mol. The van der Waals surface area contributed by atoms with Crippen LogP contribution in [0.4, 0.5) is 0 Å². The lowest BCUT2D eigenvalue weighted by Gasteiger charge is -2.15. The summed E-state index contributed by atoms with van der Waals surface area (Å²) in [5.41, 5.74) is 1.27. The van der Waals surface area contributed by atoms with E-state index in [2.05, 4.69) is 52.4 Å². The zero-order valence-electron chi connectivity index (χ0n) is 12.3. The van der Waals surface area contributed by atoms with Crippen molar-refractivity contribution in [3.63, 3.8) is 0 Å². The quantitative estimate of drug-likeness (QED) is 0.760. The predicted molar refractivity (Wildman–Crippen MR) is 89.0 cm³/mol. The van der Waals surface area contributed by atoms with Crippen LogP contribution in [-0.4, -0.2) is 20.3 Å². The molecule has 0 aliphatic heterocycles. The minimum Gasteiger partial charge on any atom is -0.497 e. The highest BCUT2D eigenvalue weighted by atomic mass is 79.9. The fraction of sp³-hybridized carbons (Fsp3) is 0.294. The minimum absolute atomic E-state index is 0.303. The highest BCUT2D eigenvalue weighted by Crippen LogP contribution is 2.18. The average Bonchev–Trinajstić information content (AvgIpc) is 2.52. The molecule has 2 aromatic rings. The standard InChI is InChI=1S/C17H20BrNO2/c1-13(14-3-5-15(18)6-4-14)19-11-12-21-17-9-7-16(20-2)8-10-17/h3-10,13,19H,11-12H2,1-2H3. The Labute approximate surface area is 134 Å². The number of rotatable bonds is 7. The highest BCUT2D eigenvalue weighted by Gasteiger charge is 2.04. The average molecular weight is 350 g/mol. The first kappa shape index (κ1) is 15.9. The van der Waals surface area contributed by atoms with Gasteiger partial charge in [-0.25, -0.2) is 0 Å². The zero-order chi connectivity index (χ0) is 15.1. The third-order valence-electron chi connectivity index (χ3n) is 3.25. The Hall–Kier alpha value is -1.52. The fourth-order valence-corrected chi connectivity index (χ4v) is 2.25. The SMILES string of the molecule is COc1ccc(OCCNC(C)c2ccc(Br)cc2)cc1. The second kappa shape index (κ2) is 8.05. The molecule has 112 valence electrons. The van der Waals surface area contributed by atoms with Crippen LogP contribution >= 0.6 is 15.9 Å². The Morgan fingerprint density at radius 1 is 1.00 bits per heavy atom. The fourth-order valence-electron chi connectivity index (χ4n) is 1.99. The predicted octanol–water partition coefficient (Wildman–Crippen LogP) is 4.19. The van der Waals surface area contributed by atoms with Gasteiger partial charge in [0.25, 0.3) is 0 Å². The number of ether oxygens (including phenoxy) is 2. The van der Waals surface area contributed by atoms with E-state index in [0.717, 1.165) is 22.5 Å². The van der Waals surface area contributed by atoms with E-state index >= 15 is 0 Å². The number of benzene rings is 2. The molecule has 0 bridgehead atoms. The van der Waals surface area contributed by atoms with E-state index < -0.39 is 0 Å². The summed E-state index contributed by atoms with van der Waals surface area (Å²) in [5.74, 6) is 1.69. The molecule has 2 aromatic carbocycles. The van der Waals surface area contributed by atoms with Crippen molar-refractivity contribution in [3.8, 4) is 11.5 Å². The lowest BCUT2D eigenvalue weighted by atomic mass is 10.1. The summed E-state index contributed by atoms with van der Waals surface area (Å²) < 4.78 is 11.9. The van der Waals surface area contributed by atoms with E-state index in [1.165, 1.54) is 5.56 Å². The molecular formula is C17H20BrNO2. The molecular weight excluding hydrogens is 330 g/mol. The summed E-state index contributed by atoms with van der Waals surface area (Å²) >= 11 is 3.45. The molecule has 1 N–H and O–H groups in total. The van der Waals surface area contributed by atoms with Gasteiger partial charge < -0.3 is 14.8 Å². The van der Waals surface area contributed by atoms with Crippen LogP contribution in [0.2, 0.25) is 0 Å². The number of hydrogen-bond acceptors (Lipinski definition) is 3. The molecule has 0 spiro atoms. The molecule has 0 aromatic heterocycles. The summed E-state index contributed by atoms with van der Waals surface area (Å²) in [7, 11) is 1.66. The number of halogens is 1. The first-order chi connectivity index (χ1) is 10.2. The lowest BCUT2D eigenvalue weighted by Crippen LogP contribution is -2.24. The molecule has 21 heavy (non-hydrogen) atoms. The molecule has 1 unspecified atom stereocenters. The Kier molecular flexibility index (Phi) is 6.08. The third kappa shape index (κ3) is 5.06. The first-order valence-corrected chi connectivity index (χ1v) is 7.74.